The van der Waals surface area contributed by atoms with Crippen LogP contribution in [0.1, 0.15) is 0 Å². The van der Waals surface area contributed by atoms with E-state index in [2.05, 4.69) is 36.1 Å². The number of nitrogens with zero attached hydrogens (tertiary/aromatic N) is 3. The van der Waals surface area contributed by atoms with E-state index in [1.165, 1.54) is 19.5 Å². The molecule has 0 radical (unpaired) electrons. The highest BCUT2D eigenvalue weighted by atomic mass is 79.9. The molecule has 7 nitrogen and oxygen atoms in total. The smallest absolute Gasteiger partial charge is 0.163 e. The minimum Gasteiger partial charge on any atom is -0.493 e. The molecule has 2 N–H and O–H groups in total. The van der Waals surface area contributed by atoms with Crippen molar-refractivity contribution in [1.82, 2.24) is 14.9 Å². The highest BCUT2D eigenvalue weighted by Crippen LogP contribution is 2.35. The first-order valence-corrected chi connectivity index (χ1v) is 11.6. The maximum Gasteiger partial charge on any atom is 0.163 e. The number of methoxy groups -OCH3 is 1. The molecule has 1 unspecified atom stereocenters. The number of aliphatic hydroxyl groups is 1. The number of fused-ring (bicyclic) bond motifs is 1. The number of benzene rings is 2. The second kappa shape index (κ2) is 9.99. The minimum absolute atomic E-state index is 0.142. The van der Waals surface area contributed by atoms with Crippen LogP contribution in [0.15, 0.2) is 41.1 Å². The van der Waals surface area contributed by atoms with Gasteiger partial charge in [0.1, 0.15) is 30.7 Å². The van der Waals surface area contributed by atoms with Crippen LogP contribution in [0, 0.1) is 5.82 Å². The predicted molar refractivity (Wildman–Crippen MR) is 124 cm³/mol. The number of rotatable bonds is 8. The van der Waals surface area contributed by atoms with Gasteiger partial charge in [-0.25, -0.2) is 14.4 Å². The monoisotopic (exact) mass is 508 g/mol. The summed E-state index contributed by atoms with van der Waals surface area (Å²) in [5.74, 6) is 3.02. The van der Waals surface area contributed by atoms with Crippen molar-refractivity contribution in [3.8, 4) is 11.5 Å². The van der Waals surface area contributed by atoms with Gasteiger partial charge in [-0.3, -0.25) is 4.90 Å². The fourth-order valence-corrected chi connectivity index (χ4v) is 4.63. The summed E-state index contributed by atoms with van der Waals surface area (Å²) in [6, 6.07) is 8.23. The molecule has 0 amide bonds. The van der Waals surface area contributed by atoms with Crippen LogP contribution in [0.3, 0.4) is 0 Å². The molecule has 2 aromatic carbocycles. The average molecular weight is 509 g/mol. The Morgan fingerprint density at radius 1 is 1.29 bits per heavy atom. The summed E-state index contributed by atoms with van der Waals surface area (Å²) in [6.45, 7) is 1.69. The van der Waals surface area contributed by atoms with Crippen LogP contribution in [0.4, 0.5) is 15.9 Å². The van der Waals surface area contributed by atoms with E-state index in [4.69, 9.17) is 9.47 Å². The average Bonchev–Trinajstić information content (AvgIpc) is 3.26. The number of nitrogens with one attached hydrogen (secondary N) is 1. The normalized spacial score (nSPS) is 15.2. The van der Waals surface area contributed by atoms with Gasteiger partial charge in [0.05, 0.1) is 18.3 Å². The van der Waals surface area contributed by atoms with E-state index >= 15 is 0 Å². The van der Waals surface area contributed by atoms with Gasteiger partial charge in [0.15, 0.2) is 11.5 Å². The molecule has 0 saturated carbocycles. The van der Waals surface area contributed by atoms with Gasteiger partial charge in [0.25, 0.3) is 0 Å². The molecule has 4 rings (SSSR count). The molecular weight excluding hydrogens is 487 g/mol. The van der Waals surface area contributed by atoms with Gasteiger partial charge in [-0.15, -0.1) is 11.8 Å². The van der Waals surface area contributed by atoms with Crippen molar-refractivity contribution in [3.63, 3.8) is 0 Å². The number of ether oxygens (including phenoxy) is 2. The molecule has 1 aliphatic heterocycles. The molecule has 1 saturated heterocycles. The number of halogens is 2. The summed E-state index contributed by atoms with van der Waals surface area (Å²) < 4.78 is 26.2. The first-order valence-electron chi connectivity index (χ1n) is 9.69. The Morgan fingerprint density at radius 2 is 2.16 bits per heavy atom. The number of aliphatic hydroxyl groups excluding tert-OH is 1. The maximum atomic E-state index is 14.3. The van der Waals surface area contributed by atoms with E-state index in [1.807, 2.05) is 11.8 Å². The Morgan fingerprint density at radius 3 is 2.90 bits per heavy atom. The lowest BCUT2D eigenvalue weighted by Gasteiger charge is -2.20. The van der Waals surface area contributed by atoms with Crippen molar-refractivity contribution < 1.29 is 19.0 Å². The maximum absolute atomic E-state index is 14.3. The molecule has 2 heterocycles. The first-order chi connectivity index (χ1) is 15.0. The van der Waals surface area contributed by atoms with Crippen LogP contribution in [0.2, 0.25) is 0 Å². The summed E-state index contributed by atoms with van der Waals surface area (Å²) >= 11 is 5.11. The number of thioether (sulfide) groups is 1. The third-order valence-corrected chi connectivity index (χ3v) is 6.34. The molecule has 10 heteroatoms. The molecule has 1 fully saturated rings. The zero-order valence-electron chi connectivity index (χ0n) is 16.8. The number of aromatic nitrogens is 2. The van der Waals surface area contributed by atoms with Crippen molar-refractivity contribution >= 4 is 50.1 Å². The Balaban J connectivity index is 1.54. The lowest BCUT2D eigenvalue weighted by molar-refractivity contribution is 0.0768. The minimum atomic E-state index is -0.609. The molecule has 164 valence electrons. The highest BCUT2D eigenvalue weighted by Gasteiger charge is 2.18. The quantitative estimate of drug-likeness (QED) is 0.472. The van der Waals surface area contributed by atoms with E-state index in [1.54, 1.807) is 24.3 Å². The fraction of sp³-hybridized carbons (Fsp3) is 0.333. The van der Waals surface area contributed by atoms with Crippen molar-refractivity contribution in [1.29, 1.82) is 0 Å². The number of anilines is 2. The van der Waals surface area contributed by atoms with Crippen LogP contribution in [0.25, 0.3) is 10.9 Å². The van der Waals surface area contributed by atoms with E-state index < -0.39 is 11.9 Å². The van der Waals surface area contributed by atoms with Crippen LogP contribution in [-0.4, -0.2) is 64.5 Å². The largest absolute Gasteiger partial charge is 0.493 e. The van der Waals surface area contributed by atoms with Gasteiger partial charge < -0.3 is 19.9 Å². The van der Waals surface area contributed by atoms with Crippen molar-refractivity contribution in [2.75, 3.05) is 43.8 Å². The Labute approximate surface area is 192 Å². The van der Waals surface area contributed by atoms with Gasteiger partial charge in [-0.05, 0) is 24.3 Å². The topological polar surface area (TPSA) is 79.7 Å². The van der Waals surface area contributed by atoms with E-state index in [0.29, 0.717) is 44.9 Å². The fourth-order valence-electron chi connectivity index (χ4n) is 3.29. The molecule has 0 aliphatic carbocycles. The molecule has 3 aromatic rings. The molecular formula is C21H22BrFN4O3S. The lowest BCUT2D eigenvalue weighted by atomic mass is 10.2. The van der Waals surface area contributed by atoms with Gasteiger partial charge in [-0.1, -0.05) is 15.9 Å². The van der Waals surface area contributed by atoms with E-state index in [-0.39, 0.29) is 6.61 Å². The number of hydrogen-bond donors (Lipinski definition) is 2. The third kappa shape index (κ3) is 5.38. The van der Waals surface area contributed by atoms with E-state index in [9.17, 15) is 9.50 Å². The Hall–Kier alpha value is -2.14. The Bertz CT molecular complexity index is 1070. The second-order valence-corrected chi connectivity index (χ2v) is 9.06. The lowest BCUT2D eigenvalue weighted by Crippen LogP contribution is -2.33. The van der Waals surface area contributed by atoms with Crippen molar-refractivity contribution in [3.05, 3.63) is 46.9 Å². The highest BCUT2D eigenvalue weighted by molar-refractivity contribution is 9.10. The van der Waals surface area contributed by atoms with Crippen molar-refractivity contribution in [2.24, 2.45) is 0 Å². The molecule has 1 aliphatic rings. The van der Waals surface area contributed by atoms with Crippen LogP contribution in [-0.2, 0) is 0 Å². The number of hydrogen-bond acceptors (Lipinski definition) is 8. The van der Waals surface area contributed by atoms with Crippen LogP contribution in [0.5, 0.6) is 11.5 Å². The summed E-state index contributed by atoms with van der Waals surface area (Å²) in [7, 11) is 1.54. The van der Waals surface area contributed by atoms with Crippen LogP contribution < -0.4 is 14.8 Å². The molecule has 31 heavy (non-hydrogen) atoms. The zero-order valence-corrected chi connectivity index (χ0v) is 19.2. The predicted octanol–water partition coefficient (Wildman–Crippen LogP) is 4.03. The third-order valence-electron chi connectivity index (χ3n) is 4.83. The Kier molecular flexibility index (Phi) is 7.11. The van der Waals surface area contributed by atoms with Crippen molar-refractivity contribution in [2.45, 2.75) is 6.10 Å². The molecule has 1 aromatic heterocycles. The second-order valence-electron chi connectivity index (χ2n) is 7.07. The number of β-amino-alcohol motifs (C(OH)–C–C–N with tert-alkyl or cyclic N) is 1. The molecule has 1 atom stereocenters. The molecule has 0 bridgehead atoms. The van der Waals surface area contributed by atoms with Gasteiger partial charge >= 0.3 is 0 Å². The van der Waals surface area contributed by atoms with Gasteiger partial charge in [-0.2, -0.15) is 0 Å². The summed E-state index contributed by atoms with van der Waals surface area (Å²) in [5, 5.41) is 14.0. The summed E-state index contributed by atoms with van der Waals surface area (Å²) in [6.07, 6.45) is 0.791. The zero-order chi connectivity index (χ0) is 21.8. The van der Waals surface area contributed by atoms with Gasteiger partial charge in [0, 0.05) is 40.6 Å². The summed E-state index contributed by atoms with van der Waals surface area (Å²) in [4.78, 5) is 10.8. The van der Waals surface area contributed by atoms with Gasteiger partial charge in [0.2, 0.25) is 0 Å². The SMILES string of the molecule is COc1cc2c(Nc3ccc(Br)cc3F)ncnc2cc1OCC(O)CN1CCSC1. The molecule has 0 spiro atoms. The standard InChI is InChI=1S/C21H22BrFN4O3S/c1-29-19-7-15-18(8-20(19)30-10-14(28)9-27-4-5-31-12-27)24-11-25-21(15)26-17-3-2-13(22)6-16(17)23/h2-3,6-8,11,14,28H,4-5,9-10,12H2,1H3,(H,24,25,26). The summed E-state index contributed by atoms with van der Waals surface area (Å²) in [5.41, 5.74) is 0.905. The first kappa shape index (κ1) is 22.1. The van der Waals surface area contributed by atoms with E-state index in [0.717, 1.165) is 18.2 Å². The van der Waals surface area contributed by atoms with Crippen LogP contribution >= 0.6 is 27.7 Å².